The first-order valence-corrected chi connectivity index (χ1v) is 33.3. The Morgan fingerprint density at radius 3 is 1.74 bits per heavy atom. The molecule has 5 heterocycles. The van der Waals surface area contributed by atoms with E-state index in [1.54, 1.807) is 62.3 Å². The molecule has 10 rings (SSSR count). The van der Waals surface area contributed by atoms with Crippen molar-refractivity contribution in [2.75, 3.05) is 20.2 Å². The third-order valence-corrected chi connectivity index (χ3v) is 16.4. The highest BCUT2D eigenvalue weighted by Gasteiger charge is 2.41. The van der Waals surface area contributed by atoms with Crippen LogP contribution in [0.15, 0.2) is 78.9 Å². The molecule has 30 nitrogen and oxygen atoms in total. The third kappa shape index (κ3) is 20.4. The van der Waals surface area contributed by atoms with Crippen molar-refractivity contribution in [1.82, 2.24) is 47.9 Å². The lowest BCUT2D eigenvalue weighted by atomic mass is 9.89. The maximum atomic E-state index is 15.9. The van der Waals surface area contributed by atoms with Gasteiger partial charge in [0.05, 0.1) is 17.2 Å². The zero-order valence-corrected chi connectivity index (χ0v) is 59.0. The predicted molar refractivity (Wildman–Crippen MR) is 366 cm³/mol. The Bertz CT molecular complexity index is 4060. The first-order chi connectivity index (χ1) is 47.8. The molecule has 0 saturated carbocycles. The Labute approximate surface area is 596 Å². The first kappa shape index (κ1) is 77.3. The van der Waals surface area contributed by atoms with Crippen LogP contribution in [0, 0.1) is 0 Å². The van der Waals surface area contributed by atoms with Crippen molar-refractivity contribution < 1.29 is 102 Å². The van der Waals surface area contributed by atoms with E-state index in [4.69, 9.17) is 51.6 Å². The molecule has 0 unspecified atom stereocenters. The summed E-state index contributed by atoms with van der Waals surface area (Å²) in [6.07, 6.45) is -4.51. The molecule has 0 radical (unpaired) electrons. The average Bonchev–Trinajstić information content (AvgIpc) is 0.762. The Kier molecular flexibility index (Phi) is 24.6. The van der Waals surface area contributed by atoms with Gasteiger partial charge in [-0.25, -0.2) is 19.2 Å². The SMILES string of the molecule is COC(=O)[C@@H]1NC(=O)[C@H]2NC(=O)[C@H](NC(=O)[C@@H]3NC(=O)[C@H](CCCCNC(=O)OC(C)(C)C)NC(=O)[C@H](NC(=O)[C@@H](CCCCNC(=O)OC(C)(C)C)NC(=O)OC(C)(C)C)Cc4ccc(c(Cl)c4)Oc4cc3cc(c4O)Oc3ccc(cc3Cl)[C@H]2O)c2ccc(O)c(c2)-c2c(O)cc(O)cc21. The van der Waals surface area contributed by atoms with E-state index < -0.39 is 165 Å². The highest BCUT2D eigenvalue weighted by atomic mass is 35.5. The van der Waals surface area contributed by atoms with Crippen molar-refractivity contribution in [1.29, 1.82) is 0 Å². The smallest absolute Gasteiger partial charge is 0.408 e. The van der Waals surface area contributed by atoms with Gasteiger partial charge in [-0.2, -0.15) is 0 Å². The minimum absolute atomic E-state index is 0.00587. The zero-order chi connectivity index (χ0) is 74.9. The number of amides is 9. The number of carbonyl (C=O) groups is 10. The third-order valence-electron chi connectivity index (χ3n) is 15.8. The van der Waals surface area contributed by atoms with Crippen molar-refractivity contribution in [3.8, 4) is 57.1 Å². The number of rotatable bonds is 14. The Morgan fingerprint density at radius 1 is 0.578 bits per heavy atom. The number of aliphatic hydroxyl groups excluding tert-OH is 1. The molecule has 5 aliphatic rings. The lowest BCUT2D eigenvalue weighted by Gasteiger charge is -2.31. The van der Waals surface area contributed by atoms with Crippen molar-refractivity contribution in [2.24, 2.45) is 0 Å². The van der Waals surface area contributed by atoms with E-state index in [0.717, 1.165) is 55.6 Å². The van der Waals surface area contributed by atoms with Gasteiger partial charge in [0.25, 0.3) is 0 Å². The highest BCUT2D eigenvalue weighted by Crippen LogP contribution is 2.48. The number of hydrogen-bond donors (Lipinski definition) is 14. The predicted octanol–water partition coefficient (Wildman–Crippen LogP) is 7.77. The summed E-state index contributed by atoms with van der Waals surface area (Å²) < 4.78 is 33.9. The molecule has 5 aromatic rings. The van der Waals surface area contributed by atoms with Crippen LogP contribution in [-0.4, -0.2) is 146 Å². The molecular weight excluding hydrogens is 1370 g/mol. The lowest BCUT2D eigenvalue weighted by Crippen LogP contribution is -2.58. The number of methoxy groups -OCH3 is 1. The average molecular weight is 1460 g/mol. The number of nitrogens with one attached hydrogen (secondary N) is 9. The number of fused-ring (bicyclic) bond motifs is 15. The quantitative estimate of drug-likeness (QED) is 0.0287. The van der Waals surface area contributed by atoms with Gasteiger partial charge in [0.1, 0.15) is 87.9 Å². The van der Waals surface area contributed by atoms with E-state index in [0.29, 0.717) is 12.0 Å². The molecule has 14 N–H and O–H groups in total. The van der Waals surface area contributed by atoms with E-state index in [-0.39, 0.29) is 101 Å². The number of carbonyl (C=O) groups excluding carboxylic acids is 10. The molecule has 8 atom stereocenters. The second-order valence-corrected chi connectivity index (χ2v) is 28.2. The van der Waals surface area contributed by atoms with Crippen LogP contribution in [0.1, 0.15) is 153 Å². The van der Waals surface area contributed by atoms with Crippen LogP contribution in [0.3, 0.4) is 0 Å². The molecule has 11 bridgehead atoms. The number of hydrogen-bond acceptors (Lipinski definition) is 21. The highest BCUT2D eigenvalue weighted by molar-refractivity contribution is 6.32. The number of alkyl carbamates (subject to hydrolysis) is 3. The van der Waals surface area contributed by atoms with Gasteiger partial charge in [-0.1, -0.05) is 41.4 Å². The van der Waals surface area contributed by atoms with Gasteiger partial charge in [0, 0.05) is 42.3 Å². The summed E-state index contributed by atoms with van der Waals surface area (Å²) >= 11 is 13.9. The number of ether oxygens (including phenoxy) is 6. The number of esters is 1. The van der Waals surface area contributed by atoms with Gasteiger partial charge in [0.15, 0.2) is 17.5 Å². The van der Waals surface area contributed by atoms with Crippen LogP contribution in [0.5, 0.6) is 46.0 Å². The number of halogens is 2. The monoisotopic (exact) mass is 1460 g/mol. The molecule has 0 fully saturated rings. The maximum Gasteiger partial charge on any atom is 0.408 e. The summed E-state index contributed by atoms with van der Waals surface area (Å²) in [5.74, 6) is -12.2. The van der Waals surface area contributed by atoms with Gasteiger partial charge >= 0.3 is 24.2 Å². The summed E-state index contributed by atoms with van der Waals surface area (Å²) in [6.45, 7) is 15.0. The van der Waals surface area contributed by atoms with Crippen LogP contribution in [0.25, 0.3) is 11.1 Å². The fraction of sp³-hybridized carbons (Fsp3) is 0.429. The molecule has 0 spiro atoms. The Hall–Kier alpha value is -10.5. The van der Waals surface area contributed by atoms with E-state index >= 15 is 19.2 Å². The van der Waals surface area contributed by atoms with E-state index in [9.17, 15) is 54.3 Å². The second kappa shape index (κ2) is 32.5. The number of aromatic hydroxyl groups is 4. The van der Waals surface area contributed by atoms with Gasteiger partial charge in [0.2, 0.25) is 41.2 Å². The molecule has 102 heavy (non-hydrogen) atoms. The van der Waals surface area contributed by atoms with Gasteiger partial charge in [-0.15, -0.1) is 0 Å². The van der Waals surface area contributed by atoms with Crippen LogP contribution in [0.4, 0.5) is 14.4 Å². The molecule has 0 aromatic heterocycles. The van der Waals surface area contributed by atoms with Gasteiger partial charge in [-0.3, -0.25) is 28.8 Å². The molecule has 0 aliphatic carbocycles. The topological polar surface area (TPSA) is 436 Å². The van der Waals surface area contributed by atoms with Crippen molar-refractivity contribution >= 4 is 82.9 Å². The summed E-state index contributed by atoms with van der Waals surface area (Å²) in [5.41, 5.74) is -4.17. The Morgan fingerprint density at radius 2 is 1.14 bits per heavy atom. The van der Waals surface area contributed by atoms with Crippen molar-refractivity contribution in [2.45, 2.75) is 172 Å². The van der Waals surface area contributed by atoms with Crippen LogP contribution in [-0.2, 0) is 58.9 Å². The number of benzene rings is 5. The lowest BCUT2D eigenvalue weighted by molar-refractivity contribution is -0.146. The molecular formula is C70H83Cl2N9O21. The number of aliphatic hydroxyl groups is 1. The largest absolute Gasteiger partial charge is 0.508 e. The fourth-order valence-electron chi connectivity index (χ4n) is 11.1. The standard InChI is InChI=1S/C70H83Cl2N9O21/c1-68(2,3)100-65(94)73-23-13-11-15-42-59(88)78-53-36-29-49(98-47-21-17-33(25-40(47)71)26-44(60(89)75-42)76-58(87)43(77-67(96)102-70(7,8)9)16-12-14-24-74-66(95)101-69(4,5)6)57(86)50(30-36)99-48-22-19-35(28-41(48)72)56(85)55-63(92)80-54(64(93)97-10)39-31-37(82)32-46(84)51(39)38-27-34(18-20-45(38)83)52(61(90)81-55)79-62(53)91/h17-22,25,27-32,42-44,52-56,82-86H,11-16,23-24,26H2,1-10H3,(H,73,94)(H,74,95)(H,75,89)(H,76,87)(H,77,96)(H,78,88)(H,79,91)(H,80,92)(H,81,90)/t42-,43+,44+,52+,53+,54+,55-,56+/m0/s1. The summed E-state index contributed by atoms with van der Waals surface area (Å²) in [7, 11) is 0.967. The van der Waals surface area contributed by atoms with Gasteiger partial charge in [-0.05, 0) is 178 Å². The molecule has 5 aromatic carbocycles. The Balaban J connectivity index is 1.27. The van der Waals surface area contributed by atoms with E-state index in [2.05, 4.69) is 47.9 Å². The summed E-state index contributed by atoms with van der Waals surface area (Å²) in [4.78, 5) is 144. The van der Waals surface area contributed by atoms with E-state index in [1.807, 2.05) is 0 Å². The number of phenolic OH excluding ortho intramolecular Hbond substituents is 4. The van der Waals surface area contributed by atoms with Crippen molar-refractivity contribution in [3.05, 3.63) is 117 Å². The molecule has 9 amide bonds. The van der Waals surface area contributed by atoms with Crippen LogP contribution in [0.2, 0.25) is 10.0 Å². The molecule has 32 heteroatoms. The number of unbranched alkanes of at least 4 members (excludes halogenated alkanes) is 2. The van der Waals surface area contributed by atoms with Crippen LogP contribution < -0.4 is 57.3 Å². The molecule has 5 aliphatic heterocycles. The number of phenols is 4. The zero-order valence-electron chi connectivity index (χ0n) is 57.5. The van der Waals surface area contributed by atoms with Crippen molar-refractivity contribution in [3.63, 3.8) is 0 Å². The van der Waals surface area contributed by atoms with Crippen LogP contribution >= 0.6 is 23.2 Å². The fourth-order valence-corrected chi connectivity index (χ4v) is 11.6. The first-order valence-electron chi connectivity index (χ1n) is 32.6. The minimum Gasteiger partial charge on any atom is -0.508 e. The normalized spacial score (nSPS) is 19.6. The van der Waals surface area contributed by atoms with E-state index in [1.165, 1.54) is 30.3 Å². The minimum atomic E-state index is -2.14. The molecule has 0 saturated heterocycles. The summed E-state index contributed by atoms with van der Waals surface area (Å²) in [5, 5.41) is 81.5. The van der Waals surface area contributed by atoms with Gasteiger partial charge < -0.3 is 102 Å². The summed E-state index contributed by atoms with van der Waals surface area (Å²) in [6, 6.07) is 2.29. The second-order valence-electron chi connectivity index (χ2n) is 27.4. The maximum absolute atomic E-state index is 15.9. The molecule has 548 valence electrons.